The van der Waals surface area contributed by atoms with E-state index in [1.54, 1.807) is 0 Å². The maximum absolute atomic E-state index is 2.22. The van der Waals surface area contributed by atoms with E-state index < -0.39 is 0 Å². The Hall–Kier alpha value is -1.60. The molecule has 0 bridgehead atoms. The lowest BCUT2D eigenvalue weighted by Gasteiger charge is -2.15. The molecule has 1 aromatic rings. The summed E-state index contributed by atoms with van der Waals surface area (Å²) in [4.78, 5) is 2.19. The van der Waals surface area contributed by atoms with Gasteiger partial charge < -0.3 is 0 Å². The average Bonchev–Trinajstić information content (AvgIpc) is 2.55. The minimum atomic E-state index is 0.387. The predicted octanol–water partition coefficient (Wildman–Crippen LogP) is 3.13. The summed E-state index contributed by atoms with van der Waals surface area (Å²) in [6, 6.07) is 10.9. The number of rotatable bonds is 2. The summed E-state index contributed by atoms with van der Waals surface area (Å²) >= 11 is 0. The van der Waals surface area contributed by atoms with Gasteiger partial charge in [-0.1, -0.05) is 60.7 Å². The van der Waals surface area contributed by atoms with Crippen molar-refractivity contribution in [2.45, 2.75) is 6.04 Å². The monoisotopic (exact) mass is 211 g/mol. The van der Waals surface area contributed by atoms with Crippen molar-refractivity contribution in [3.8, 4) is 0 Å². The Bertz CT molecular complexity index is 424. The van der Waals surface area contributed by atoms with Crippen molar-refractivity contribution in [2.24, 2.45) is 0 Å². The second-order valence-electron chi connectivity index (χ2n) is 4.19. The lowest BCUT2D eigenvalue weighted by Crippen LogP contribution is -2.23. The topological polar surface area (TPSA) is 3.24 Å². The zero-order valence-electron chi connectivity index (χ0n) is 9.80. The first-order chi connectivity index (χ1) is 7.77. The molecule has 0 spiro atoms. The summed E-state index contributed by atoms with van der Waals surface area (Å²) in [6.45, 7) is 0. The Kier molecular flexibility index (Phi) is 3.37. The molecule has 2 rings (SSSR count). The Labute approximate surface area is 97.4 Å². The summed E-state index contributed by atoms with van der Waals surface area (Å²) in [5.41, 5.74) is 2.53. The molecule has 16 heavy (non-hydrogen) atoms. The maximum Gasteiger partial charge on any atom is 0.0462 e. The van der Waals surface area contributed by atoms with Crippen molar-refractivity contribution >= 4 is 5.57 Å². The fourth-order valence-corrected chi connectivity index (χ4v) is 1.76. The highest BCUT2D eigenvalue weighted by molar-refractivity contribution is 5.75. The van der Waals surface area contributed by atoms with E-state index in [0.29, 0.717) is 6.04 Å². The van der Waals surface area contributed by atoms with Gasteiger partial charge in [-0.25, -0.2) is 0 Å². The molecule has 1 aliphatic rings. The SMILES string of the molecule is CN(C)C1C=CC=C(c2ccccc2)C=C1. The minimum absolute atomic E-state index is 0.387. The van der Waals surface area contributed by atoms with Gasteiger partial charge in [0.1, 0.15) is 0 Å². The Morgan fingerprint density at radius 1 is 1.00 bits per heavy atom. The smallest absolute Gasteiger partial charge is 0.0462 e. The van der Waals surface area contributed by atoms with Gasteiger partial charge in [0.25, 0.3) is 0 Å². The minimum Gasteiger partial charge on any atom is -0.300 e. The van der Waals surface area contributed by atoms with Crippen LogP contribution < -0.4 is 0 Å². The predicted molar refractivity (Wildman–Crippen MR) is 70.2 cm³/mol. The van der Waals surface area contributed by atoms with Crippen LogP contribution in [0.15, 0.2) is 60.7 Å². The first-order valence-electron chi connectivity index (χ1n) is 5.56. The van der Waals surface area contributed by atoms with E-state index >= 15 is 0 Å². The zero-order chi connectivity index (χ0) is 11.4. The normalized spacial score (nSPS) is 19.7. The number of likely N-dealkylation sites (N-methyl/N-ethyl adjacent to an activating group) is 1. The van der Waals surface area contributed by atoms with Crippen molar-refractivity contribution in [3.63, 3.8) is 0 Å². The number of allylic oxidation sites excluding steroid dienone is 4. The van der Waals surface area contributed by atoms with Gasteiger partial charge in [-0.05, 0) is 25.2 Å². The van der Waals surface area contributed by atoms with Crippen LogP contribution in [0.4, 0.5) is 0 Å². The van der Waals surface area contributed by atoms with Crippen LogP contribution in [-0.4, -0.2) is 25.0 Å². The van der Waals surface area contributed by atoms with Crippen LogP contribution in [0.25, 0.3) is 5.57 Å². The summed E-state index contributed by atoms with van der Waals surface area (Å²) < 4.78 is 0. The molecule has 1 atom stereocenters. The van der Waals surface area contributed by atoms with Crippen LogP contribution in [0.5, 0.6) is 0 Å². The fourth-order valence-electron chi connectivity index (χ4n) is 1.76. The molecule has 0 saturated heterocycles. The second-order valence-corrected chi connectivity index (χ2v) is 4.19. The lowest BCUT2D eigenvalue weighted by atomic mass is 10.1. The number of hydrogen-bond acceptors (Lipinski definition) is 1. The Morgan fingerprint density at radius 3 is 2.44 bits per heavy atom. The molecule has 0 saturated carbocycles. The first kappa shape index (κ1) is 10.9. The standard InChI is InChI=1S/C15H17N/c1-16(2)15-10-6-9-14(11-12-15)13-7-4-3-5-8-13/h3-12,15H,1-2H3. The van der Waals surface area contributed by atoms with Crippen molar-refractivity contribution in [3.05, 3.63) is 66.3 Å². The highest BCUT2D eigenvalue weighted by atomic mass is 15.1. The number of benzene rings is 1. The molecule has 1 unspecified atom stereocenters. The van der Waals surface area contributed by atoms with Crippen molar-refractivity contribution < 1.29 is 0 Å². The van der Waals surface area contributed by atoms with E-state index in [2.05, 4.69) is 73.6 Å². The third-order valence-corrected chi connectivity index (χ3v) is 2.76. The van der Waals surface area contributed by atoms with Gasteiger partial charge in [0.15, 0.2) is 0 Å². The van der Waals surface area contributed by atoms with Crippen molar-refractivity contribution in [2.75, 3.05) is 14.1 Å². The van der Waals surface area contributed by atoms with E-state index in [1.807, 2.05) is 6.07 Å². The van der Waals surface area contributed by atoms with E-state index in [4.69, 9.17) is 0 Å². The molecule has 0 aromatic heterocycles. The Morgan fingerprint density at radius 2 is 1.75 bits per heavy atom. The Balaban J connectivity index is 2.24. The van der Waals surface area contributed by atoms with Crippen LogP contribution in [-0.2, 0) is 0 Å². The molecule has 0 aliphatic heterocycles. The van der Waals surface area contributed by atoms with E-state index in [0.717, 1.165) is 0 Å². The molecule has 0 fully saturated rings. The largest absolute Gasteiger partial charge is 0.300 e. The zero-order valence-corrected chi connectivity index (χ0v) is 9.80. The fraction of sp³-hybridized carbons (Fsp3) is 0.200. The lowest BCUT2D eigenvalue weighted by molar-refractivity contribution is 0.392. The molecule has 1 heteroatoms. The van der Waals surface area contributed by atoms with Crippen molar-refractivity contribution in [1.82, 2.24) is 4.90 Å². The summed E-state index contributed by atoms with van der Waals surface area (Å²) in [7, 11) is 4.18. The maximum atomic E-state index is 2.22. The molecule has 0 heterocycles. The molecule has 0 radical (unpaired) electrons. The molecule has 1 nitrogen and oxygen atoms in total. The van der Waals surface area contributed by atoms with Crippen LogP contribution in [0, 0.1) is 0 Å². The molecule has 0 amide bonds. The van der Waals surface area contributed by atoms with Gasteiger partial charge in [-0.15, -0.1) is 0 Å². The number of hydrogen-bond donors (Lipinski definition) is 0. The van der Waals surface area contributed by atoms with Gasteiger partial charge >= 0.3 is 0 Å². The van der Waals surface area contributed by atoms with E-state index in [-0.39, 0.29) is 0 Å². The summed E-state index contributed by atoms with van der Waals surface area (Å²) in [5, 5.41) is 0. The van der Waals surface area contributed by atoms with Crippen LogP contribution in [0.3, 0.4) is 0 Å². The van der Waals surface area contributed by atoms with Gasteiger partial charge in [0.05, 0.1) is 0 Å². The highest BCUT2D eigenvalue weighted by Crippen LogP contribution is 2.18. The molecule has 82 valence electrons. The van der Waals surface area contributed by atoms with Crippen molar-refractivity contribution in [1.29, 1.82) is 0 Å². The third-order valence-electron chi connectivity index (χ3n) is 2.76. The molecule has 0 N–H and O–H groups in total. The molecule has 1 aromatic carbocycles. The first-order valence-corrected chi connectivity index (χ1v) is 5.56. The van der Waals surface area contributed by atoms with Gasteiger partial charge in [0, 0.05) is 6.04 Å². The molecular weight excluding hydrogens is 194 g/mol. The quantitative estimate of drug-likeness (QED) is 0.726. The highest BCUT2D eigenvalue weighted by Gasteiger charge is 2.05. The van der Waals surface area contributed by atoms with Gasteiger partial charge in [-0.3, -0.25) is 4.90 Å². The molecular formula is C15H17N. The van der Waals surface area contributed by atoms with Gasteiger partial charge in [0.2, 0.25) is 0 Å². The van der Waals surface area contributed by atoms with E-state index in [1.165, 1.54) is 11.1 Å². The summed E-state index contributed by atoms with van der Waals surface area (Å²) in [6.07, 6.45) is 10.9. The van der Waals surface area contributed by atoms with Crippen LogP contribution >= 0.6 is 0 Å². The second kappa shape index (κ2) is 4.95. The van der Waals surface area contributed by atoms with Crippen LogP contribution in [0.2, 0.25) is 0 Å². The summed E-state index contributed by atoms with van der Waals surface area (Å²) in [5.74, 6) is 0. The van der Waals surface area contributed by atoms with E-state index in [9.17, 15) is 0 Å². The third kappa shape index (κ3) is 2.50. The molecule has 1 aliphatic carbocycles. The van der Waals surface area contributed by atoms with Crippen LogP contribution in [0.1, 0.15) is 5.56 Å². The number of nitrogens with zero attached hydrogens (tertiary/aromatic N) is 1. The average molecular weight is 211 g/mol. The van der Waals surface area contributed by atoms with Gasteiger partial charge in [-0.2, -0.15) is 0 Å².